The maximum absolute atomic E-state index is 12.0. The number of hydrogen-bond donors (Lipinski definition) is 2. The van der Waals surface area contributed by atoms with Gasteiger partial charge >= 0.3 is 5.97 Å². The normalized spacial score (nSPS) is 46.8. The maximum atomic E-state index is 12.0. The van der Waals surface area contributed by atoms with Crippen LogP contribution in [0.15, 0.2) is 23.8 Å². The van der Waals surface area contributed by atoms with Gasteiger partial charge in [-0.25, -0.2) is 0 Å². The Morgan fingerprint density at radius 2 is 1.91 bits per heavy atom. The summed E-state index contributed by atoms with van der Waals surface area (Å²) in [7, 11) is 0. The molecule has 0 amide bonds. The first-order chi connectivity index (χ1) is 10.7. The highest BCUT2D eigenvalue weighted by molar-refractivity contribution is 5.75. The molecule has 0 saturated heterocycles. The van der Waals surface area contributed by atoms with Gasteiger partial charge in [-0.05, 0) is 62.4 Å². The lowest BCUT2D eigenvalue weighted by Crippen LogP contribution is -2.52. The standard InChI is InChI=1S/C20H30O3/c1-5-18(2)12-9-14-13(16(18)21)7-8-15-19(14,3)10-6-11-20(15,4)17(22)23/h5,15-16,21H,1,6-12H2,2-4H3,(H,22,23)/t15-,16-,18-,19-,20+/m0/s1. The van der Waals surface area contributed by atoms with Crippen LogP contribution < -0.4 is 0 Å². The molecule has 3 aliphatic carbocycles. The Morgan fingerprint density at radius 3 is 2.52 bits per heavy atom. The molecule has 0 aliphatic heterocycles. The second-order valence-electron chi connectivity index (χ2n) is 8.70. The van der Waals surface area contributed by atoms with Crippen LogP contribution in [0.3, 0.4) is 0 Å². The molecule has 0 aromatic heterocycles. The summed E-state index contributed by atoms with van der Waals surface area (Å²) in [6.45, 7) is 10.2. The van der Waals surface area contributed by atoms with Crippen LogP contribution in [0.4, 0.5) is 0 Å². The first-order valence-corrected chi connectivity index (χ1v) is 8.96. The smallest absolute Gasteiger partial charge is 0.309 e. The monoisotopic (exact) mass is 318 g/mol. The lowest BCUT2D eigenvalue weighted by atomic mass is 9.47. The van der Waals surface area contributed by atoms with Crippen molar-refractivity contribution < 1.29 is 15.0 Å². The van der Waals surface area contributed by atoms with Gasteiger partial charge in [0.25, 0.3) is 0 Å². The summed E-state index contributed by atoms with van der Waals surface area (Å²) in [6.07, 6.45) is 7.82. The van der Waals surface area contributed by atoms with Gasteiger partial charge in [-0.3, -0.25) is 4.79 Å². The van der Waals surface area contributed by atoms with Crippen LogP contribution in [0.1, 0.15) is 65.7 Å². The first-order valence-electron chi connectivity index (χ1n) is 8.96. The molecule has 3 aliphatic rings. The molecule has 5 atom stereocenters. The van der Waals surface area contributed by atoms with Gasteiger partial charge in [0.1, 0.15) is 0 Å². The van der Waals surface area contributed by atoms with Gasteiger partial charge < -0.3 is 10.2 Å². The highest BCUT2D eigenvalue weighted by Gasteiger charge is 2.57. The molecule has 0 bridgehead atoms. The van der Waals surface area contributed by atoms with Crippen LogP contribution in [0.2, 0.25) is 0 Å². The van der Waals surface area contributed by atoms with Crippen LogP contribution in [-0.2, 0) is 4.79 Å². The zero-order chi connectivity index (χ0) is 17.0. The summed E-state index contributed by atoms with van der Waals surface area (Å²) in [5.41, 5.74) is 1.62. The van der Waals surface area contributed by atoms with E-state index in [4.69, 9.17) is 0 Å². The molecule has 3 rings (SSSR count). The summed E-state index contributed by atoms with van der Waals surface area (Å²) >= 11 is 0. The number of aliphatic hydroxyl groups is 1. The zero-order valence-corrected chi connectivity index (χ0v) is 14.7. The molecular formula is C20H30O3. The highest BCUT2D eigenvalue weighted by atomic mass is 16.4. The number of rotatable bonds is 2. The van der Waals surface area contributed by atoms with Crippen molar-refractivity contribution >= 4 is 5.97 Å². The second kappa shape index (κ2) is 5.20. The first kappa shape index (κ1) is 16.8. The number of carbonyl (C=O) groups is 1. The van der Waals surface area contributed by atoms with Gasteiger partial charge in [0.2, 0.25) is 0 Å². The number of carboxylic acids is 1. The van der Waals surface area contributed by atoms with E-state index in [0.29, 0.717) is 0 Å². The minimum atomic E-state index is -0.648. The van der Waals surface area contributed by atoms with Gasteiger partial charge in [0.05, 0.1) is 11.5 Å². The van der Waals surface area contributed by atoms with Crippen molar-refractivity contribution in [1.82, 2.24) is 0 Å². The molecule has 1 saturated carbocycles. The molecule has 0 spiro atoms. The molecule has 23 heavy (non-hydrogen) atoms. The van der Waals surface area contributed by atoms with Gasteiger partial charge in [0.15, 0.2) is 0 Å². The summed E-state index contributed by atoms with van der Waals surface area (Å²) in [6, 6.07) is 0. The third kappa shape index (κ3) is 2.15. The van der Waals surface area contributed by atoms with Gasteiger partial charge in [-0.2, -0.15) is 0 Å². The zero-order valence-electron chi connectivity index (χ0n) is 14.7. The Hall–Kier alpha value is -1.09. The fraction of sp³-hybridized carbons (Fsp3) is 0.750. The molecule has 128 valence electrons. The number of fused-ring (bicyclic) bond motifs is 2. The lowest BCUT2D eigenvalue weighted by Gasteiger charge is -2.57. The largest absolute Gasteiger partial charge is 0.481 e. The van der Waals surface area contributed by atoms with Crippen LogP contribution in [0.5, 0.6) is 0 Å². The predicted octanol–water partition coefficient (Wildman–Crippen LogP) is 4.32. The van der Waals surface area contributed by atoms with Crippen molar-refractivity contribution in [3.8, 4) is 0 Å². The predicted molar refractivity (Wildman–Crippen MR) is 91.0 cm³/mol. The molecule has 0 radical (unpaired) electrons. The SMILES string of the molecule is C=C[C@@]1(C)CCC2=C(CC[C@@H]3[C@](C)(C(=O)O)CCC[C@@]23C)[C@@H]1O. The van der Waals surface area contributed by atoms with E-state index >= 15 is 0 Å². The lowest BCUT2D eigenvalue weighted by molar-refractivity contribution is -0.159. The van der Waals surface area contributed by atoms with Crippen LogP contribution >= 0.6 is 0 Å². The second-order valence-corrected chi connectivity index (χ2v) is 8.70. The molecular weight excluding hydrogens is 288 g/mol. The minimum absolute atomic E-state index is 0.0670. The number of aliphatic carboxylic acids is 1. The quantitative estimate of drug-likeness (QED) is 0.745. The molecule has 0 unspecified atom stereocenters. The molecule has 0 aromatic rings. The van der Waals surface area contributed by atoms with Gasteiger partial charge in [-0.1, -0.05) is 31.9 Å². The van der Waals surface area contributed by atoms with E-state index in [-0.39, 0.29) is 16.7 Å². The fourth-order valence-corrected chi connectivity index (χ4v) is 5.84. The highest BCUT2D eigenvalue weighted by Crippen LogP contribution is 2.63. The molecule has 0 heterocycles. The van der Waals surface area contributed by atoms with Crippen molar-refractivity contribution in [2.24, 2.45) is 22.2 Å². The molecule has 1 fully saturated rings. The van der Waals surface area contributed by atoms with Crippen molar-refractivity contribution in [3.05, 3.63) is 23.8 Å². The van der Waals surface area contributed by atoms with E-state index in [1.807, 2.05) is 13.0 Å². The summed E-state index contributed by atoms with van der Waals surface area (Å²) in [5.74, 6) is -0.468. The van der Waals surface area contributed by atoms with Gasteiger partial charge in [0, 0.05) is 5.41 Å². The Morgan fingerprint density at radius 1 is 1.22 bits per heavy atom. The fourth-order valence-electron chi connectivity index (χ4n) is 5.84. The maximum Gasteiger partial charge on any atom is 0.309 e. The number of allylic oxidation sites excluding steroid dienone is 1. The van der Waals surface area contributed by atoms with E-state index in [0.717, 1.165) is 44.9 Å². The van der Waals surface area contributed by atoms with E-state index < -0.39 is 17.5 Å². The molecule has 3 heteroatoms. The average molecular weight is 318 g/mol. The van der Waals surface area contributed by atoms with E-state index in [9.17, 15) is 15.0 Å². The van der Waals surface area contributed by atoms with Crippen molar-refractivity contribution in [3.63, 3.8) is 0 Å². The average Bonchev–Trinajstić information content (AvgIpc) is 2.50. The number of aliphatic hydroxyl groups excluding tert-OH is 1. The number of hydrogen-bond acceptors (Lipinski definition) is 2. The Labute approximate surface area is 139 Å². The van der Waals surface area contributed by atoms with Crippen molar-refractivity contribution in [2.75, 3.05) is 0 Å². The Balaban J connectivity index is 2.06. The Kier molecular flexibility index (Phi) is 3.79. The molecule has 0 aromatic carbocycles. The van der Waals surface area contributed by atoms with E-state index in [1.54, 1.807) is 0 Å². The van der Waals surface area contributed by atoms with E-state index in [2.05, 4.69) is 20.4 Å². The number of carboxylic acid groups (broad SMARTS) is 1. The third-order valence-electron chi connectivity index (χ3n) is 7.53. The molecule has 3 nitrogen and oxygen atoms in total. The van der Waals surface area contributed by atoms with E-state index in [1.165, 1.54) is 11.1 Å². The van der Waals surface area contributed by atoms with Crippen molar-refractivity contribution in [1.29, 1.82) is 0 Å². The van der Waals surface area contributed by atoms with Gasteiger partial charge in [-0.15, -0.1) is 6.58 Å². The van der Waals surface area contributed by atoms with Crippen LogP contribution in [0.25, 0.3) is 0 Å². The Bertz CT molecular complexity index is 577. The summed E-state index contributed by atoms with van der Waals surface area (Å²) < 4.78 is 0. The molecule has 2 N–H and O–H groups in total. The minimum Gasteiger partial charge on any atom is -0.481 e. The topological polar surface area (TPSA) is 57.5 Å². The third-order valence-corrected chi connectivity index (χ3v) is 7.53. The summed E-state index contributed by atoms with van der Waals surface area (Å²) in [4.78, 5) is 12.0. The van der Waals surface area contributed by atoms with Crippen LogP contribution in [-0.4, -0.2) is 22.3 Å². The van der Waals surface area contributed by atoms with Crippen LogP contribution in [0, 0.1) is 22.2 Å². The summed E-state index contributed by atoms with van der Waals surface area (Å²) in [5, 5.41) is 20.8. The van der Waals surface area contributed by atoms with Crippen molar-refractivity contribution in [2.45, 2.75) is 71.8 Å².